The molecule has 2 nitrogen and oxygen atoms in total. The summed E-state index contributed by atoms with van der Waals surface area (Å²) < 4.78 is 0. The molecule has 1 radical (unpaired) electrons. The molecule has 0 spiro atoms. The van der Waals surface area contributed by atoms with Crippen LogP contribution in [-0.2, 0) is 11.3 Å². The summed E-state index contributed by atoms with van der Waals surface area (Å²) in [6, 6.07) is 9.77. The molecule has 0 atom stereocenters. The summed E-state index contributed by atoms with van der Waals surface area (Å²) in [6.07, 6.45) is 0.493. The van der Waals surface area contributed by atoms with E-state index in [9.17, 15) is 4.79 Å². The van der Waals surface area contributed by atoms with E-state index < -0.39 is 0 Å². The van der Waals surface area contributed by atoms with Gasteiger partial charge in [-0.1, -0.05) is 37.3 Å². The second-order valence-corrected chi connectivity index (χ2v) is 2.55. The Balaban J connectivity index is 2.38. The van der Waals surface area contributed by atoms with Crippen LogP contribution in [0.4, 0.5) is 0 Å². The van der Waals surface area contributed by atoms with E-state index in [4.69, 9.17) is 0 Å². The van der Waals surface area contributed by atoms with Gasteiger partial charge in [0.2, 0.25) is 5.91 Å². The smallest absolute Gasteiger partial charge is 0.241 e. The van der Waals surface area contributed by atoms with Crippen LogP contribution in [0.3, 0.4) is 0 Å². The molecule has 0 aromatic heterocycles. The van der Waals surface area contributed by atoms with E-state index in [0.717, 1.165) is 5.56 Å². The van der Waals surface area contributed by atoms with Crippen LogP contribution in [0.25, 0.3) is 0 Å². The van der Waals surface area contributed by atoms with Gasteiger partial charge in [0, 0.05) is 6.42 Å². The zero-order valence-electron chi connectivity index (χ0n) is 7.16. The van der Waals surface area contributed by atoms with Gasteiger partial charge in [0.1, 0.15) is 0 Å². The SMILES string of the molecule is CCC(=O)[N]Cc1ccccc1. The topological polar surface area (TPSA) is 31.2 Å². The van der Waals surface area contributed by atoms with Crippen molar-refractivity contribution in [1.29, 1.82) is 0 Å². The molecule has 0 saturated heterocycles. The van der Waals surface area contributed by atoms with E-state index in [-0.39, 0.29) is 5.91 Å². The number of carbonyl (C=O) groups excluding carboxylic acids is 1. The summed E-state index contributed by atoms with van der Waals surface area (Å²) in [6.45, 7) is 2.32. The second-order valence-electron chi connectivity index (χ2n) is 2.55. The van der Waals surface area contributed by atoms with Gasteiger partial charge >= 0.3 is 0 Å². The van der Waals surface area contributed by atoms with Crippen molar-refractivity contribution in [2.45, 2.75) is 19.9 Å². The zero-order valence-corrected chi connectivity index (χ0v) is 7.16. The number of carbonyl (C=O) groups is 1. The van der Waals surface area contributed by atoms with E-state index in [1.807, 2.05) is 37.3 Å². The fourth-order valence-electron chi connectivity index (χ4n) is 0.875. The van der Waals surface area contributed by atoms with E-state index in [2.05, 4.69) is 5.32 Å². The molecule has 1 rings (SSSR count). The Labute approximate surface area is 72.6 Å². The van der Waals surface area contributed by atoms with Gasteiger partial charge in [-0.25, -0.2) is 5.32 Å². The first-order valence-corrected chi connectivity index (χ1v) is 4.07. The van der Waals surface area contributed by atoms with Crippen LogP contribution in [-0.4, -0.2) is 5.91 Å². The lowest BCUT2D eigenvalue weighted by Gasteiger charge is -1.99. The highest BCUT2D eigenvalue weighted by Crippen LogP contribution is 1.97. The summed E-state index contributed by atoms with van der Waals surface area (Å²) >= 11 is 0. The Morgan fingerprint density at radius 2 is 2.00 bits per heavy atom. The fourth-order valence-corrected chi connectivity index (χ4v) is 0.875. The minimum atomic E-state index is -0.0288. The monoisotopic (exact) mass is 162 g/mol. The molecule has 0 aliphatic rings. The molecule has 0 heterocycles. The number of rotatable bonds is 3. The number of amides is 1. The lowest BCUT2D eigenvalue weighted by Crippen LogP contribution is -2.13. The first-order chi connectivity index (χ1) is 5.83. The molecular weight excluding hydrogens is 150 g/mol. The third-order valence-corrected chi connectivity index (χ3v) is 1.58. The van der Waals surface area contributed by atoms with Crippen molar-refractivity contribution < 1.29 is 4.79 Å². The minimum absolute atomic E-state index is 0.0288. The molecule has 1 amide bonds. The Morgan fingerprint density at radius 1 is 1.33 bits per heavy atom. The second kappa shape index (κ2) is 4.54. The first kappa shape index (κ1) is 8.78. The van der Waals surface area contributed by atoms with Gasteiger partial charge in [-0.2, -0.15) is 0 Å². The van der Waals surface area contributed by atoms with Gasteiger partial charge < -0.3 is 0 Å². The van der Waals surface area contributed by atoms with Crippen LogP contribution in [0.2, 0.25) is 0 Å². The quantitative estimate of drug-likeness (QED) is 0.665. The summed E-state index contributed by atoms with van der Waals surface area (Å²) in [4.78, 5) is 10.8. The fraction of sp³-hybridized carbons (Fsp3) is 0.300. The number of nitrogens with zero attached hydrogens (tertiary/aromatic N) is 1. The van der Waals surface area contributed by atoms with Crippen LogP contribution < -0.4 is 5.32 Å². The van der Waals surface area contributed by atoms with Crippen LogP contribution >= 0.6 is 0 Å². The van der Waals surface area contributed by atoms with E-state index in [0.29, 0.717) is 13.0 Å². The van der Waals surface area contributed by atoms with Crippen molar-refractivity contribution in [3.63, 3.8) is 0 Å². The molecule has 0 fully saturated rings. The van der Waals surface area contributed by atoms with Crippen molar-refractivity contribution in [2.75, 3.05) is 0 Å². The van der Waals surface area contributed by atoms with Crippen molar-refractivity contribution in [3.8, 4) is 0 Å². The molecule has 12 heavy (non-hydrogen) atoms. The van der Waals surface area contributed by atoms with Crippen LogP contribution in [0.1, 0.15) is 18.9 Å². The Morgan fingerprint density at radius 3 is 2.58 bits per heavy atom. The van der Waals surface area contributed by atoms with Gasteiger partial charge in [-0.15, -0.1) is 0 Å². The predicted octanol–water partition coefficient (Wildman–Crippen LogP) is 1.73. The molecule has 0 unspecified atom stereocenters. The largest absolute Gasteiger partial charge is 0.273 e. The van der Waals surface area contributed by atoms with Gasteiger partial charge in [-0.05, 0) is 5.56 Å². The maximum atomic E-state index is 10.8. The van der Waals surface area contributed by atoms with Gasteiger partial charge in [0.05, 0.1) is 6.54 Å². The lowest BCUT2D eigenvalue weighted by atomic mass is 10.2. The van der Waals surface area contributed by atoms with E-state index in [1.165, 1.54) is 0 Å². The standard InChI is InChI=1S/C10H12NO/c1-2-10(12)11-8-9-6-4-3-5-7-9/h3-7H,2,8H2,1H3. The lowest BCUT2D eigenvalue weighted by molar-refractivity contribution is -0.121. The molecule has 1 aromatic carbocycles. The predicted molar refractivity (Wildman–Crippen MR) is 47.6 cm³/mol. The zero-order chi connectivity index (χ0) is 8.81. The molecule has 0 N–H and O–H groups in total. The van der Waals surface area contributed by atoms with E-state index in [1.54, 1.807) is 0 Å². The maximum absolute atomic E-state index is 10.8. The van der Waals surface area contributed by atoms with Crippen molar-refractivity contribution in [2.24, 2.45) is 0 Å². The Bertz CT molecular complexity index is 243. The molecular formula is C10H12NO. The molecule has 0 saturated carbocycles. The van der Waals surface area contributed by atoms with Crippen molar-refractivity contribution in [3.05, 3.63) is 35.9 Å². The number of hydrogen-bond donors (Lipinski definition) is 0. The molecule has 63 valence electrons. The molecule has 0 aliphatic carbocycles. The highest BCUT2D eigenvalue weighted by molar-refractivity contribution is 5.75. The minimum Gasteiger partial charge on any atom is -0.273 e. The summed E-state index contributed by atoms with van der Waals surface area (Å²) in [5.74, 6) is -0.0288. The normalized spacial score (nSPS) is 9.42. The number of benzene rings is 1. The van der Waals surface area contributed by atoms with Crippen molar-refractivity contribution in [1.82, 2.24) is 5.32 Å². The third kappa shape index (κ3) is 2.74. The van der Waals surface area contributed by atoms with Gasteiger partial charge in [0.25, 0.3) is 0 Å². The average molecular weight is 162 g/mol. The molecule has 0 bridgehead atoms. The molecule has 2 heteroatoms. The Kier molecular flexibility index (Phi) is 3.33. The van der Waals surface area contributed by atoms with Gasteiger partial charge in [-0.3, -0.25) is 4.79 Å². The molecule has 1 aromatic rings. The van der Waals surface area contributed by atoms with Crippen LogP contribution in [0.5, 0.6) is 0 Å². The summed E-state index contributed by atoms with van der Waals surface area (Å²) in [5, 5.41) is 3.87. The number of hydrogen-bond acceptors (Lipinski definition) is 1. The van der Waals surface area contributed by atoms with E-state index >= 15 is 0 Å². The molecule has 0 aliphatic heterocycles. The maximum Gasteiger partial charge on any atom is 0.241 e. The third-order valence-electron chi connectivity index (χ3n) is 1.58. The average Bonchev–Trinajstić information content (AvgIpc) is 2.16. The van der Waals surface area contributed by atoms with Crippen LogP contribution in [0, 0.1) is 0 Å². The Hall–Kier alpha value is -1.31. The highest BCUT2D eigenvalue weighted by atomic mass is 16.1. The van der Waals surface area contributed by atoms with Crippen LogP contribution in [0.15, 0.2) is 30.3 Å². The first-order valence-electron chi connectivity index (χ1n) is 4.07. The summed E-state index contributed by atoms with van der Waals surface area (Å²) in [7, 11) is 0. The van der Waals surface area contributed by atoms with Gasteiger partial charge in [0.15, 0.2) is 0 Å². The highest BCUT2D eigenvalue weighted by Gasteiger charge is 1.97. The van der Waals surface area contributed by atoms with Crippen molar-refractivity contribution >= 4 is 5.91 Å². The summed E-state index contributed by atoms with van der Waals surface area (Å²) in [5.41, 5.74) is 1.08.